The van der Waals surface area contributed by atoms with Gasteiger partial charge in [0.2, 0.25) is 0 Å². The van der Waals surface area contributed by atoms with E-state index in [9.17, 15) is 0 Å². The number of hydrogen-bond acceptors (Lipinski definition) is 0. The number of hydrogen-bond donors (Lipinski definition) is 0. The molecule has 2 aliphatic rings. The van der Waals surface area contributed by atoms with E-state index in [0.717, 1.165) is 0 Å². The maximum absolute atomic E-state index is 2.34. The number of benzene rings is 4. The van der Waals surface area contributed by atoms with Gasteiger partial charge in [-0.3, -0.25) is 0 Å². The molecule has 4 aromatic rings. The van der Waals surface area contributed by atoms with Crippen LogP contribution in [0.15, 0.2) is 97.1 Å². The topological polar surface area (TPSA) is 0 Å². The Labute approximate surface area is 147 Å². The molecule has 0 nitrogen and oxygen atoms in total. The molecule has 0 saturated carbocycles. The highest BCUT2D eigenvalue weighted by Crippen LogP contribution is 2.35. The van der Waals surface area contributed by atoms with Crippen molar-refractivity contribution < 1.29 is 0 Å². The van der Waals surface area contributed by atoms with E-state index in [1.165, 1.54) is 44.1 Å². The van der Waals surface area contributed by atoms with Gasteiger partial charge in [-0.05, 0) is 0 Å². The molecule has 25 heavy (non-hydrogen) atoms. The van der Waals surface area contributed by atoms with E-state index in [0.29, 0.717) is 0 Å². The third-order valence-corrected chi connectivity index (χ3v) is 6.29. The molecule has 0 saturated heterocycles. The lowest BCUT2D eigenvalue weighted by Gasteiger charge is -2.37. The van der Waals surface area contributed by atoms with Gasteiger partial charge in [0.1, 0.15) is 6.15 Å². The van der Waals surface area contributed by atoms with Crippen molar-refractivity contribution in [2.24, 2.45) is 0 Å². The maximum atomic E-state index is 2.34. The highest BCUT2D eigenvalue weighted by molar-refractivity contribution is 7.24. The molecule has 2 heterocycles. The van der Waals surface area contributed by atoms with Crippen molar-refractivity contribution >= 4 is 28.0 Å². The molecular weight excluding hydrogens is 299 g/mol. The van der Waals surface area contributed by atoms with Crippen LogP contribution in [0.4, 0.5) is 0 Å². The third-order valence-electron chi connectivity index (χ3n) is 6.29. The van der Waals surface area contributed by atoms with Crippen LogP contribution in [0.5, 0.6) is 0 Å². The summed E-state index contributed by atoms with van der Waals surface area (Å²) in [4.78, 5) is 0. The maximum Gasteiger partial charge on any atom is 0.111 e. The molecule has 2 aliphatic heterocycles. The summed E-state index contributed by atoms with van der Waals surface area (Å²) in [6.45, 7) is 0. The van der Waals surface area contributed by atoms with Gasteiger partial charge >= 0.3 is 0 Å². The molecular formula is C24H16B-. The molecule has 0 aromatic heterocycles. The van der Waals surface area contributed by atoms with E-state index in [1.807, 2.05) is 0 Å². The monoisotopic (exact) mass is 315 g/mol. The number of fused-ring (bicyclic) bond motifs is 10. The fourth-order valence-corrected chi connectivity index (χ4v) is 5.48. The van der Waals surface area contributed by atoms with Crippen LogP contribution in [-0.4, -0.2) is 6.15 Å². The Kier molecular flexibility index (Phi) is 2.40. The molecule has 0 N–H and O–H groups in total. The molecule has 0 aliphatic carbocycles. The van der Waals surface area contributed by atoms with Crippen LogP contribution < -0.4 is 21.9 Å². The first-order valence-corrected chi connectivity index (χ1v) is 8.96. The first kappa shape index (κ1) is 13.3. The highest BCUT2D eigenvalue weighted by Gasteiger charge is 2.44. The van der Waals surface area contributed by atoms with E-state index in [1.54, 1.807) is 0 Å². The first-order valence-electron chi connectivity index (χ1n) is 8.96. The fourth-order valence-electron chi connectivity index (χ4n) is 5.48. The van der Waals surface area contributed by atoms with Gasteiger partial charge in [0.15, 0.2) is 0 Å². The summed E-state index contributed by atoms with van der Waals surface area (Å²) in [5.41, 5.74) is 11.5. The minimum atomic E-state index is -1.07. The normalized spacial score (nSPS) is 14.7. The summed E-state index contributed by atoms with van der Waals surface area (Å²) < 4.78 is 0. The molecule has 4 aromatic carbocycles. The van der Waals surface area contributed by atoms with Crippen molar-refractivity contribution in [1.82, 2.24) is 0 Å². The van der Waals surface area contributed by atoms with Crippen LogP contribution in [0, 0.1) is 0 Å². The Morgan fingerprint density at radius 3 is 0.840 bits per heavy atom. The molecule has 0 bridgehead atoms. The molecule has 1 heteroatoms. The molecule has 116 valence electrons. The predicted molar refractivity (Wildman–Crippen MR) is 108 cm³/mol. The summed E-state index contributed by atoms with van der Waals surface area (Å²) in [6.07, 6.45) is -1.07. The SMILES string of the molecule is c1ccc2c(c1)-c1ccccc1[B-]21c2ccccc2-c2ccccc21. The van der Waals surface area contributed by atoms with Crippen molar-refractivity contribution in [2.75, 3.05) is 0 Å². The van der Waals surface area contributed by atoms with E-state index in [4.69, 9.17) is 0 Å². The Morgan fingerprint density at radius 1 is 0.320 bits per heavy atom. The summed E-state index contributed by atoms with van der Waals surface area (Å²) in [7, 11) is 0. The van der Waals surface area contributed by atoms with E-state index in [-0.39, 0.29) is 0 Å². The zero-order valence-electron chi connectivity index (χ0n) is 13.8. The average Bonchev–Trinajstić information content (AvgIpc) is 3.16. The minimum absolute atomic E-state index is 1.07. The van der Waals surface area contributed by atoms with Gasteiger partial charge in [0.05, 0.1) is 0 Å². The van der Waals surface area contributed by atoms with Gasteiger partial charge in [0.25, 0.3) is 0 Å². The Morgan fingerprint density at radius 2 is 0.560 bits per heavy atom. The molecule has 0 radical (unpaired) electrons. The lowest BCUT2D eigenvalue weighted by Crippen LogP contribution is -2.70. The summed E-state index contributed by atoms with van der Waals surface area (Å²) in [5.74, 6) is 0. The minimum Gasteiger partial charge on any atom is -0.187 e. The summed E-state index contributed by atoms with van der Waals surface area (Å²) in [6, 6.07) is 35.9. The fraction of sp³-hybridized carbons (Fsp3) is 0. The zero-order valence-corrected chi connectivity index (χ0v) is 13.8. The standard InChI is InChI=1S/C24H16B/c1-5-13-21-17(9-1)18-10-2-6-14-22(18)25(21)23-15-7-3-11-19(23)20-12-4-8-16-24(20)25/h1-16H/q-1. The van der Waals surface area contributed by atoms with Crippen molar-refractivity contribution in [2.45, 2.75) is 0 Å². The van der Waals surface area contributed by atoms with Gasteiger partial charge in [-0.2, -0.15) is 21.9 Å². The van der Waals surface area contributed by atoms with Crippen molar-refractivity contribution in [3.63, 3.8) is 0 Å². The van der Waals surface area contributed by atoms with Gasteiger partial charge in [-0.1, -0.05) is 119 Å². The van der Waals surface area contributed by atoms with Gasteiger partial charge < -0.3 is 0 Å². The second-order valence-electron chi connectivity index (χ2n) is 7.22. The van der Waals surface area contributed by atoms with E-state index >= 15 is 0 Å². The van der Waals surface area contributed by atoms with Gasteiger partial charge in [-0.25, -0.2) is 0 Å². The van der Waals surface area contributed by atoms with Gasteiger partial charge in [0, 0.05) is 0 Å². The Bertz CT molecular complexity index is 968. The lowest BCUT2D eigenvalue weighted by molar-refractivity contribution is 1.71. The van der Waals surface area contributed by atoms with Gasteiger partial charge in [-0.15, -0.1) is 0 Å². The Hall–Kier alpha value is -3.06. The highest BCUT2D eigenvalue weighted by atomic mass is 14.3. The molecule has 6 rings (SSSR count). The van der Waals surface area contributed by atoms with E-state index < -0.39 is 6.15 Å². The van der Waals surface area contributed by atoms with Crippen LogP contribution in [-0.2, 0) is 0 Å². The van der Waals surface area contributed by atoms with Crippen molar-refractivity contribution in [3.8, 4) is 22.3 Å². The zero-order chi connectivity index (χ0) is 16.4. The lowest BCUT2D eigenvalue weighted by atomic mass is 9.16. The molecule has 0 atom stereocenters. The molecule has 0 unspecified atom stereocenters. The average molecular weight is 315 g/mol. The van der Waals surface area contributed by atoms with Crippen LogP contribution in [0.1, 0.15) is 0 Å². The summed E-state index contributed by atoms with van der Waals surface area (Å²) in [5, 5.41) is 0. The predicted octanol–water partition coefficient (Wildman–Crippen LogP) is 3.02. The Balaban J connectivity index is 1.89. The van der Waals surface area contributed by atoms with Crippen LogP contribution in [0.2, 0.25) is 0 Å². The second kappa shape index (κ2) is 4.52. The molecule has 0 amide bonds. The van der Waals surface area contributed by atoms with Crippen LogP contribution in [0.3, 0.4) is 0 Å². The van der Waals surface area contributed by atoms with Crippen molar-refractivity contribution in [3.05, 3.63) is 97.1 Å². The van der Waals surface area contributed by atoms with E-state index in [2.05, 4.69) is 97.1 Å². The molecule has 0 fully saturated rings. The summed E-state index contributed by atoms with van der Waals surface area (Å²) >= 11 is 0. The third kappa shape index (κ3) is 1.41. The molecule has 1 spiro atoms. The number of rotatable bonds is 0. The largest absolute Gasteiger partial charge is 0.187 e. The van der Waals surface area contributed by atoms with Crippen molar-refractivity contribution in [1.29, 1.82) is 0 Å². The second-order valence-corrected chi connectivity index (χ2v) is 7.22. The first-order chi connectivity index (χ1) is 12.4. The van der Waals surface area contributed by atoms with Crippen LogP contribution in [0.25, 0.3) is 22.3 Å². The van der Waals surface area contributed by atoms with Crippen LogP contribution >= 0.6 is 0 Å². The quantitative estimate of drug-likeness (QED) is 0.378. The smallest absolute Gasteiger partial charge is 0.111 e.